The first-order chi connectivity index (χ1) is 13.7. The molecule has 0 bridgehead atoms. The van der Waals surface area contributed by atoms with Gasteiger partial charge in [-0.2, -0.15) is 0 Å². The second-order valence-electron chi connectivity index (χ2n) is 7.59. The Hall–Kier alpha value is -1.33. The average Bonchev–Trinajstić information content (AvgIpc) is 2.75. The van der Waals surface area contributed by atoms with Gasteiger partial charge in [0.1, 0.15) is 0 Å². The zero-order chi connectivity index (χ0) is 19.5. The summed E-state index contributed by atoms with van der Waals surface area (Å²) in [5, 5.41) is 1.30. The molecule has 0 N–H and O–H groups in total. The second kappa shape index (κ2) is 9.00. The Bertz CT molecular complexity index is 773. The summed E-state index contributed by atoms with van der Waals surface area (Å²) in [7, 11) is 0. The van der Waals surface area contributed by atoms with E-state index < -0.39 is 0 Å². The van der Waals surface area contributed by atoms with E-state index in [2.05, 4.69) is 90.2 Å². The van der Waals surface area contributed by atoms with Gasteiger partial charge < -0.3 is 9.80 Å². The smallest absolute Gasteiger partial charge is 0.179 e. The summed E-state index contributed by atoms with van der Waals surface area (Å²) in [6, 6.07) is 16.8. The van der Waals surface area contributed by atoms with Crippen LogP contribution >= 0.6 is 31.9 Å². The number of hydrogen-bond donors (Lipinski definition) is 0. The van der Waals surface area contributed by atoms with Crippen LogP contribution in [-0.4, -0.2) is 41.6 Å². The molecule has 5 heteroatoms. The molecule has 0 aromatic heterocycles. The summed E-state index contributed by atoms with van der Waals surface area (Å²) in [5.41, 5.74) is 5.15. The molecule has 2 unspecified atom stereocenters. The maximum Gasteiger partial charge on any atom is 0.179 e. The van der Waals surface area contributed by atoms with E-state index >= 15 is 0 Å². The van der Waals surface area contributed by atoms with Gasteiger partial charge in [0.2, 0.25) is 0 Å². The maximum atomic E-state index is 13.8. The fourth-order valence-electron chi connectivity index (χ4n) is 4.62. The number of anilines is 2. The largest absolute Gasteiger partial charge is 0.360 e. The van der Waals surface area contributed by atoms with Gasteiger partial charge in [-0.05, 0) is 48.9 Å². The van der Waals surface area contributed by atoms with Gasteiger partial charge in [-0.25, -0.2) is 0 Å². The van der Waals surface area contributed by atoms with Crippen LogP contribution in [0.4, 0.5) is 11.4 Å². The molecular formula is C23H26Br2N2O. The molecule has 2 atom stereocenters. The third kappa shape index (κ3) is 3.76. The normalized spacial score (nSPS) is 18.2. The number of benzene rings is 2. The molecule has 0 fully saturated rings. The zero-order valence-electron chi connectivity index (χ0n) is 16.0. The van der Waals surface area contributed by atoms with Crippen molar-refractivity contribution in [2.24, 2.45) is 0 Å². The van der Waals surface area contributed by atoms with Gasteiger partial charge in [-0.15, -0.1) is 0 Å². The first-order valence-electron chi connectivity index (χ1n) is 10.1. The number of hydrogen-bond acceptors (Lipinski definition) is 3. The van der Waals surface area contributed by atoms with Crippen molar-refractivity contribution < 1.29 is 4.79 Å². The zero-order valence-corrected chi connectivity index (χ0v) is 19.2. The van der Waals surface area contributed by atoms with E-state index in [1.165, 1.54) is 22.5 Å². The molecule has 148 valence electrons. The number of fused-ring (bicyclic) bond motifs is 2. The van der Waals surface area contributed by atoms with Gasteiger partial charge >= 0.3 is 0 Å². The Morgan fingerprint density at radius 2 is 1.21 bits per heavy atom. The highest BCUT2D eigenvalue weighted by Gasteiger charge is 2.36. The number of para-hydroxylation sites is 2. The molecule has 2 heterocycles. The molecule has 2 aliphatic heterocycles. The second-order valence-corrected chi connectivity index (χ2v) is 8.89. The lowest BCUT2D eigenvalue weighted by molar-refractivity contribution is -0.120. The Balaban J connectivity index is 1.64. The van der Waals surface area contributed by atoms with Crippen LogP contribution in [0.3, 0.4) is 0 Å². The highest BCUT2D eigenvalue weighted by Crippen LogP contribution is 2.33. The molecule has 0 saturated heterocycles. The molecule has 2 aromatic rings. The van der Waals surface area contributed by atoms with Crippen LogP contribution in [0.15, 0.2) is 48.5 Å². The summed E-state index contributed by atoms with van der Waals surface area (Å²) in [6.45, 7) is 1.87. The molecular weight excluding hydrogens is 480 g/mol. The van der Waals surface area contributed by atoms with Crippen molar-refractivity contribution >= 4 is 49.0 Å². The predicted octanol–water partition coefficient (Wildman–Crippen LogP) is 4.99. The van der Waals surface area contributed by atoms with Crippen molar-refractivity contribution in [1.82, 2.24) is 0 Å². The van der Waals surface area contributed by atoms with Crippen LogP contribution in [0, 0.1) is 0 Å². The molecule has 28 heavy (non-hydrogen) atoms. The highest BCUT2D eigenvalue weighted by atomic mass is 79.9. The van der Waals surface area contributed by atoms with E-state index in [0.29, 0.717) is 16.4 Å². The van der Waals surface area contributed by atoms with Crippen LogP contribution < -0.4 is 9.80 Å². The highest BCUT2D eigenvalue weighted by molar-refractivity contribution is 9.09. The average molecular weight is 506 g/mol. The molecule has 0 aliphatic carbocycles. The minimum absolute atomic E-state index is 0.155. The number of carbonyl (C=O) groups excluding carboxylic acids is 1. The number of carbonyl (C=O) groups is 1. The van der Waals surface area contributed by atoms with Gasteiger partial charge in [-0.3, -0.25) is 4.79 Å². The first kappa shape index (κ1) is 20.0. The Morgan fingerprint density at radius 3 is 1.64 bits per heavy atom. The topological polar surface area (TPSA) is 23.6 Å². The van der Waals surface area contributed by atoms with Crippen molar-refractivity contribution in [2.75, 3.05) is 33.5 Å². The third-order valence-corrected chi connectivity index (χ3v) is 7.22. The SMILES string of the molecule is O=C(C(CBr)N1CCCc2ccccc21)C(CBr)N1CCCc2ccccc21. The number of aryl methyl sites for hydroxylation is 2. The van der Waals surface area contributed by atoms with Crippen LogP contribution in [0.2, 0.25) is 0 Å². The maximum absolute atomic E-state index is 13.8. The van der Waals surface area contributed by atoms with Crippen molar-refractivity contribution in [3.8, 4) is 0 Å². The molecule has 4 rings (SSSR count). The van der Waals surface area contributed by atoms with Crippen molar-refractivity contribution in [3.05, 3.63) is 59.7 Å². The summed E-state index contributed by atoms with van der Waals surface area (Å²) >= 11 is 7.32. The lowest BCUT2D eigenvalue weighted by Gasteiger charge is -2.41. The summed E-state index contributed by atoms with van der Waals surface area (Å²) in [6.07, 6.45) is 4.38. The number of Topliss-reactive ketones (excluding diaryl/α,β-unsaturated/α-hetero) is 1. The van der Waals surface area contributed by atoms with E-state index in [1.807, 2.05) is 0 Å². The summed E-state index contributed by atoms with van der Waals surface area (Å²) in [4.78, 5) is 18.4. The van der Waals surface area contributed by atoms with Crippen LogP contribution in [-0.2, 0) is 17.6 Å². The van der Waals surface area contributed by atoms with Crippen molar-refractivity contribution in [1.29, 1.82) is 0 Å². The van der Waals surface area contributed by atoms with E-state index in [4.69, 9.17) is 0 Å². The van der Waals surface area contributed by atoms with Crippen LogP contribution in [0.25, 0.3) is 0 Å². The predicted molar refractivity (Wildman–Crippen MR) is 124 cm³/mol. The number of ketones is 1. The number of nitrogens with zero attached hydrogens (tertiary/aromatic N) is 2. The van der Waals surface area contributed by atoms with Gasteiger partial charge in [0.05, 0.1) is 12.1 Å². The third-order valence-electron chi connectivity index (χ3n) is 5.99. The van der Waals surface area contributed by atoms with E-state index in [9.17, 15) is 4.79 Å². The lowest BCUT2D eigenvalue weighted by Crippen LogP contribution is -2.55. The van der Waals surface area contributed by atoms with Gasteiger partial charge in [0, 0.05) is 35.1 Å². The molecule has 2 aromatic carbocycles. The first-order valence-corrected chi connectivity index (χ1v) is 12.3. The minimum atomic E-state index is -0.155. The molecule has 0 radical (unpaired) electrons. The standard InChI is InChI=1S/C23H26Br2N2O/c24-15-21(26-13-5-9-17-7-1-3-11-19(17)26)23(28)22(16-25)27-14-6-10-18-8-2-4-12-20(18)27/h1-4,7-8,11-12,21-22H,5-6,9-10,13-16H2. The van der Waals surface area contributed by atoms with E-state index in [1.54, 1.807) is 0 Å². The number of alkyl halides is 2. The Kier molecular flexibility index (Phi) is 6.42. The van der Waals surface area contributed by atoms with Gasteiger partial charge in [0.25, 0.3) is 0 Å². The Morgan fingerprint density at radius 1 is 0.786 bits per heavy atom. The fraction of sp³-hybridized carbons (Fsp3) is 0.435. The number of rotatable bonds is 6. The van der Waals surface area contributed by atoms with E-state index in [0.717, 1.165) is 38.8 Å². The monoisotopic (exact) mass is 504 g/mol. The fourth-order valence-corrected chi connectivity index (χ4v) is 5.96. The molecule has 0 saturated carbocycles. The van der Waals surface area contributed by atoms with Crippen LogP contribution in [0.5, 0.6) is 0 Å². The summed E-state index contributed by atoms with van der Waals surface area (Å²) in [5.74, 6) is 0.294. The van der Waals surface area contributed by atoms with Crippen molar-refractivity contribution in [2.45, 2.75) is 37.8 Å². The molecule has 3 nitrogen and oxygen atoms in total. The minimum Gasteiger partial charge on any atom is -0.360 e. The summed E-state index contributed by atoms with van der Waals surface area (Å²) < 4.78 is 0. The van der Waals surface area contributed by atoms with Gasteiger partial charge in [-0.1, -0.05) is 68.3 Å². The lowest BCUT2D eigenvalue weighted by atomic mass is 9.95. The molecule has 0 spiro atoms. The molecule has 0 amide bonds. The quantitative estimate of drug-likeness (QED) is 0.517. The van der Waals surface area contributed by atoms with Crippen molar-refractivity contribution in [3.63, 3.8) is 0 Å². The van der Waals surface area contributed by atoms with Gasteiger partial charge in [0.15, 0.2) is 5.78 Å². The number of halogens is 2. The molecule has 2 aliphatic rings. The Labute approximate surface area is 184 Å². The van der Waals surface area contributed by atoms with E-state index in [-0.39, 0.29) is 12.1 Å². The van der Waals surface area contributed by atoms with Crippen LogP contribution in [0.1, 0.15) is 24.0 Å².